The van der Waals surface area contributed by atoms with Crippen LogP contribution >= 0.6 is 0 Å². The van der Waals surface area contributed by atoms with Crippen LogP contribution in [0.2, 0.25) is 0 Å². The van der Waals surface area contributed by atoms with Gasteiger partial charge in [0.25, 0.3) is 0 Å². The van der Waals surface area contributed by atoms with Gasteiger partial charge in [0.1, 0.15) is 0 Å². The Bertz CT molecular complexity index is 578. The van der Waals surface area contributed by atoms with Crippen LogP contribution in [0.5, 0.6) is 0 Å². The molecule has 0 spiro atoms. The van der Waals surface area contributed by atoms with E-state index in [1.807, 2.05) is 13.0 Å². The van der Waals surface area contributed by atoms with E-state index in [4.69, 9.17) is 10.5 Å². The van der Waals surface area contributed by atoms with Crippen molar-refractivity contribution in [3.8, 4) is 0 Å². The fourth-order valence-corrected chi connectivity index (χ4v) is 3.92. The Morgan fingerprint density at radius 3 is 2.80 bits per heavy atom. The molecule has 1 fully saturated rings. The summed E-state index contributed by atoms with van der Waals surface area (Å²) in [4.78, 5) is 0.294. The van der Waals surface area contributed by atoms with Gasteiger partial charge in [0.05, 0.1) is 10.5 Å². The van der Waals surface area contributed by atoms with Gasteiger partial charge in [-0.3, -0.25) is 0 Å². The summed E-state index contributed by atoms with van der Waals surface area (Å²) < 4.78 is 33.1. The number of hydrogen-bond acceptors (Lipinski definition) is 4. The highest BCUT2D eigenvalue weighted by molar-refractivity contribution is 7.89. The van der Waals surface area contributed by atoms with Gasteiger partial charge < -0.3 is 10.5 Å². The second-order valence-corrected chi connectivity index (χ2v) is 7.21. The van der Waals surface area contributed by atoms with Crippen LogP contribution in [0.3, 0.4) is 0 Å². The molecule has 0 amide bonds. The van der Waals surface area contributed by atoms with Gasteiger partial charge in [-0.15, -0.1) is 0 Å². The third-order valence-corrected chi connectivity index (χ3v) is 5.39. The first kappa shape index (κ1) is 15.4. The molecule has 20 heavy (non-hydrogen) atoms. The van der Waals surface area contributed by atoms with E-state index in [9.17, 15) is 8.42 Å². The van der Waals surface area contributed by atoms with Crippen molar-refractivity contribution in [3.05, 3.63) is 29.3 Å². The topological polar surface area (TPSA) is 81.4 Å². The summed E-state index contributed by atoms with van der Waals surface area (Å²) in [6.07, 6.45) is 1.84. The molecule has 5 nitrogen and oxygen atoms in total. The molecule has 1 aromatic carbocycles. The van der Waals surface area contributed by atoms with Crippen molar-refractivity contribution in [1.82, 2.24) is 4.72 Å². The molecule has 1 aliphatic rings. The number of rotatable bonds is 5. The average molecular weight is 298 g/mol. The van der Waals surface area contributed by atoms with Gasteiger partial charge in [-0.2, -0.15) is 0 Å². The first-order valence-electron chi connectivity index (χ1n) is 6.80. The van der Waals surface area contributed by atoms with Gasteiger partial charge in [-0.25, -0.2) is 13.1 Å². The Labute approximate surface area is 120 Å². The molecule has 3 N–H and O–H groups in total. The van der Waals surface area contributed by atoms with E-state index in [1.165, 1.54) is 0 Å². The van der Waals surface area contributed by atoms with Crippen LogP contribution in [-0.4, -0.2) is 27.2 Å². The van der Waals surface area contributed by atoms with Crippen LogP contribution < -0.4 is 10.5 Å². The molecule has 1 heterocycles. The van der Waals surface area contributed by atoms with E-state index < -0.39 is 15.6 Å². The highest BCUT2D eigenvalue weighted by Gasteiger charge is 2.31. The van der Waals surface area contributed by atoms with E-state index >= 15 is 0 Å². The molecule has 2 rings (SSSR count). The number of sulfonamides is 1. The van der Waals surface area contributed by atoms with Crippen LogP contribution in [0.4, 0.5) is 0 Å². The molecule has 0 radical (unpaired) electrons. The molecule has 1 unspecified atom stereocenters. The van der Waals surface area contributed by atoms with Crippen molar-refractivity contribution in [2.24, 2.45) is 5.73 Å². The standard InChI is InChI=1S/C14H22N2O3S/c1-11-12(9-15)5-3-6-13(11)20(17,18)16-10-14(2)7-4-8-19-14/h3,5-6,16H,4,7-10,15H2,1-2H3. The predicted octanol–water partition coefficient (Wildman–Crippen LogP) is 1.30. The molecule has 0 aromatic heterocycles. The minimum Gasteiger partial charge on any atom is -0.374 e. The Morgan fingerprint density at radius 2 is 2.20 bits per heavy atom. The smallest absolute Gasteiger partial charge is 0.240 e. The van der Waals surface area contributed by atoms with E-state index in [0.29, 0.717) is 30.2 Å². The number of nitrogens with one attached hydrogen (secondary N) is 1. The van der Waals surface area contributed by atoms with E-state index in [1.54, 1.807) is 19.1 Å². The average Bonchev–Trinajstić information content (AvgIpc) is 2.84. The summed E-state index contributed by atoms with van der Waals surface area (Å²) in [5, 5.41) is 0. The van der Waals surface area contributed by atoms with Crippen LogP contribution in [0.1, 0.15) is 30.9 Å². The Balaban J connectivity index is 2.18. The normalized spacial score (nSPS) is 23.1. The van der Waals surface area contributed by atoms with Crippen LogP contribution in [0.15, 0.2) is 23.1 Å². The van der Waals surface area contributed by atoms with E-state index in [0.717, 1.165) is 18.4 Å². The number of hydrogen-bond donors (Lipinski definition) is 2. The molecule has 112 valence electrons. The number of nitrogens with two attached hydrogens (primary N) is 1. The monoisotopic (exact) mass is 298 g/mol. The molecular weight excluding hydrogens is 276 g/mol. The maximum absolute atomic E-state index is 12.4. The minimum absolute atomic E-state index is 0.293. The molecule has 1 aromatic rings. The summed E-state index contributed by atoms with van der Waals surface area (Å²) in [6.45, 7) is 5.04. The van der Waals surface area contributed by atoms with Crippen molar-refractivity contribution in [3.63, 3.8) is 0 Å². The zero-order chi connectivity index (χ0) is 14.8. The van der Waals surface area contributed by atoms with Crippen molar-refractivity contribution < 1.29 is 13.2 Å². The third-order valence-electron chi connectivity index (χ3n) is 3.84. The summed E-state index contributed by atoms with van der Waals surface area (Å²) in [6, 6.07) is 5.17. The quantitative estimate of drug-likeness (QED) is 0.858. The maximum atomic E-state index is 12.4. The minimum atomic E-state index is -3.53. The van der Waals surface area contributed by atoms with Crippen molar-refractivity contribution in [1.29, 1.82) is 0 Å². The third kappa shape index (κ3) is 3.20. The lowest BCUT2D eigenvalue weighted by atomic mass is 10.0. The fourth-order valence-electron chi connectivity index (χ4n) is 2.47. The van der Waals surface area contributed by atoms with Gasteiger partial charge in [0, 0.05) is 19.7 Å². The highest BCUT2D eigenvalue weighted by Crippen LogP contribution is 2.25. The molecular formula is C14H22N2O3S. The summed E-state index contributed by atoms with van der Waals surface area (Å²) >= 11 is 0. The van der Waals surface area contributed by atoms with Gasteiger partial charge in [0.15, 0.2) is 0 Å². The SMILES string of the molecule is Cc1c(CN)cccc1S(=O)(=O)NCC1(C)CCCO1. The van der Waals surface area contributed by atoms with Gasteiger partial charge in [0.2, 0.25) is 10.0 Å². The Hall–Kier alpha value is -0.950. The van der Waals surface area contributed by atoms with Crippen molar-refractivity contribution in [2.45, 2.75) is 43.7 Å². The first-order valence-corrected chi connectivity index (χ1v) is 8.28. The highest BCUT2D eigenvalue weighted by atomic mass is 32.2. The zero-order valence-corrected chi connectivity index (χ0v) is 12.8. The predicted molar refractivity (Wildman–Crippen MR) is 77.8 cm³/mol. The summed E-state index contributed by atoms with van der Waals surface area (Å²) in [5.41, 5.74) is 6.78. The van der Waals surface area contributed by atoms with Crippen LogP contribution in [0.25, 0.3) is 0 Å². The van der Waals surface area contributed by atoms with Crippen LogP contribution in [-0.2, 0) is 21.3 Å². The summed E-state index contributed by atoms with van der Waals surface area (Å²) in [5.74, 6) is 0. The second-order valence-electron chi connectivity index (χ2n) is 5.47. The molecule has 0 aliphatic carbocycles. The fraction of sp³-hybridized carbons (Fsp3) is 0.571. The lowest BCUT2D eigenvalue weighted by molar-refractivity contribution is 0.0250. The second kappa shape index (κ2) is 5.81. The molecule has 1 saturated heterocycles. The zero-order valence-electron chi connectivity index (χ0n) is 12.0. The van der Waals surface area contributed by atoms with Crippen molar-refractivity contribution >= 4 is 10.0 Å². The largest absolute Gasteiger partial charge is 0.374 e. The lowest BCUT2D eigenvalue weighted by Gasteiger charge is -2.23. The lowest BCUT2D eigenvalue weighted by Crippen LogP contribution is -2.40. The van der Waals surface area contributed by atoms with E-state index in [2.05, 4.69) is 4.72 Å². The molecule has 0 saturated carbocycles. The molecule has 0 bridgehead atoms. The number of ether oxygens (including phenoxy) is 1. The molecule has 1 atom stereocenters. The van der Waals surface area contributed by atoms with Gasteiger partial charge in [-0.1, -0.05) is 12.1 Å². The van der Waals surface area contributed by atoms with Crippen molar-refractivity contribution in [2.75, 3.05) is 13.2 Å². The number of benzene rings is 1. The maximum Gasteiger partial charge on any atom is 0.240 e. The first-order chi connectivity index (χ1) is 9.38. The van der Waals surface area contributed by atoms with Gasteiger partial charge >= 0.3 is 0 Å². The Kier molecular flexibility index (Phi) is 4.49. The molecule has 6 heteroatoms. The molecule has 1 aliphatic heterocycles. The van der Waals surface area contributed by atoms with Gasteiger partial charge in [-0.05, 0) is 43.9 Å². The Morgan fingerprint density at radius 1 is 1.45 bits per heavy atom. The van der Waals surface area contributed by atoms with E-state index in [-0.39, 0.29) is 0 Å². The summed E-state index contributed by atoms with van der Waals surface area (Å²) in [7, 11) is -3.53. The van der Waals surface area contributed by atoms with Crippen LogP contribution in [0, 0.1) is 6.92 Å².